The second kappa shape index (κ2) is 6.01. The lowest BCUT2D eigenvalue weighted by atomic mass is 9.82. The molecule has 0 saturated carbocycles. The quantitative estimate of drug-likeness (QED) is 0.745. The zero-order valence-corrected chi connectivity index (χ0v) is 13.1. The molecule has 0 aromatic heterocycles. The molecule has 0 aliphatic carbocycles. The van der Waals surface area contributed by atoms with Crippen LogP contribution < -0.4 is 5.32 Å². The number of nitrogens with zero attached hydrogens (tertiary/aromatic N) is 1. The van der Waals surface area contributed by atoms with Crippen molar-refractivity contribution in [2.75, 3.05) is 13.1 Å². The fraction of sp³-hybridized carbons (Fsp3) is 0.750. The molecule has 3 heterocycles. The Balaban J connectivity index is 1.58. The summed E-state index contributed by atoms with van der Waals surface area (Å²) < 4.78 is 5.56. The van der Waals surface area contributed by atoms with E-state index in [-0.39, 0.29) is 18.1 Å². The van der Waals surface area contributed by atoms with Crippen LogP contribution in [0.4, 0.5) is 0 Å². The summed E-state index contributed by atoms with van der Waals surface area (Å²) in [5.74, 6) is -2.49. The third-order valence-corrected chi connectivity index (χ3v) is 5.09. The molecule has 0 aromatic carbocycles. The molecule has 0 aromatic rings. The summed E-state index contributed by atoms with van der Waals surface area (Å²) in [5, 5.41) is 12.4. The molecule has 6 heteroatoms. The van der Waals surface area contributed by atoms with Gasteiger partial charge in [0.05, 0.1) is 18.1 Å². The van der Waals surface area contributed by atoms with Gasteiger partial charge in [0.15, 0.2) is 0 Å². The van der Waals surface area contributed by atoms with E-state index in [2.05, 4.69) is 24.1 Å². The Labute approximate surface area is 130 Å². The van der Waals surface area contributed by atoms with Gasteiger partial charge in [-0.15, -0.1) is 0 Å². The number of hydrogen-bond acceptors (Lipinski definition) is 4. The summed E-state index contributed by atoms with van der Waals surface area (Å²) in [4.78, 5) is 26.3. The van der Waals surface area contributed by atoms with Crippen molar-refractivity contribution in [1.29, 1.82) is 0 Å². The first-order valence-corrected chi connectivity index (χ1v) is 8.08. The van der Waals surface area contributed by atoms with Crippen molar-refractivity contribution in [2.24, 2.45) is 11.8 Å². The highest BCUT2D eigenvalue weighted by Gasteiger charge is 2.53. The summed E-state index contributed by atoms with van der Waals surface area (Å²) in [6.45, 7) is 6.29. The molecule has 0 unspecified atom stereocenters. The third kappa shape index (κ3) is 2.77. The van der Waals surface area contributed by atoms with E-state index in [0.717, 1.165) is 25.9 Å². The van der Waals surface area contributed by atoms with Gasteiger partial charge in [-0.25, -0.2) is 0 Å². The Bertz CT molecular complexity index is 483. The summed E-state index contributed by atoms with van der Waals surface area (Å²) in [6.07, 6.45) is 4.56. The van der Waals surface area contributed by atoms with Crippen LogP contribution in [0.2, 0.25) is 0 Å². The van der Waals surface area contributed by atoms with Crippen LogP contribution in [0, 0.1) is 11.8 Å². The first-order valence-electron chi connectivity index (χ1n) is 8.08. The number of hydrogen-bond donors (Lipinski definition) is 2. The predicted octanol–water partition coefficient (Wildman–Crippen LogP) is 0.630. The summed E-state index contributed by atoms with van der Waals surface area (Å²) in [5.41, 5.74) is 0. The van der Waals surface area contributed by atoms with Crippen molar-refractivity contribution in [3.05, 3.63) is 12.2 Å². The molecular formula is C16H24N2O4. The number of carboxylic acid groups (broad SMARTS) is 1. The number of nitrogens with one attached hydrogen (secondary N) is 1. The molecule has 3 rings (SSSR count). The zero-order valence-electron chi connectivity index (χ0n) is 13.1. The van der Waals surface area contributed by atoms with Gasteiger partial charge in [-0.3, -0.25) is 9.59 Å². The number of carboxylic acids is 1. The van der Waals surface area contributed by atoms with Gasteiger partial charge >= 0.3 is 5.97 Å². The number of likely N-dealkylation sites (tertiary alicyclic amines) is 1. The standard InChI is InChI=1S/C16H24N2O4/c1-9(2)18-7-5-10(6-8-18)17-15(19)13-11-3-4-12(22-11)14(13)16(20)21/h3-4,9-14H,5-8H2,1-2H3,(H,17,19)(H,20,21)/t11-,12+,13+,14+/m1/s1. The van der Waals surface area contributed by atoms with Crippen molar-refractivity contribution in [3.63, 3.8) is 0 Å². The van der Waals surface area contributed by atoms with Gasteiger partial charge in [-0.05, 0) is 26.7 Å². The van der Waals surface area contributed by atoms with E-state index in [1.54, 1.807) is 6.08 Å². The number of fused-ring (bicyclic) bond motifs is 2. The molecule has 6 nitrogen and oxygen atoms in total. The third-order valence-electron chi connectivity index (χ3n) is 5.09. The number of ether oxygens (including phenoxy) is 1. The fourth-order valence-corrected chi connectivity index (χ4v) is 3.77. The Morgan fingerprint density at radius 1 is 1.18 bits per heavy atom. The Kier molecular flexibility index (Phi) is 4.23. The van der Waals surface area contributed by atoms with Crippen LogP contribution in [0.15, 0.2) is 12.2 Å². The minimum absolute atomic E-state index is 0.139. The van der Waals surface area contributed by atoms with E-state index in [0.29, 0.717) is 6.04 Å². The highest BCUT2D eigenvalue weighted by Crippen LogP contribution is 2.39. The smallest absolute Gasteiger partial charge is 0.310 e. The topological polar surface area (TPSA) is 78.9 Å². The van der Waals surface area contributed by atoms with Gasteiger partial charge in [-0.2, -0.15) is 0 Å². The molecule has 2 bridgehead atoms. The van der Waals surface area contributed by atoms with E-state index in [4.69, 9.17) is 4.74 Å². The Morgan fingerprint density at radius 2 is 1.77 bits per heavy atom. The van der Waals surface area contributed by atoms with Crippen molar-refractivity contribution in [1.82, 2.24) is 10.2 Å². The maximum Gasteiger partial charge on any atom is 0.310 e. The van der Waals surface area contributed by atoms with E-state index < -0.39 is 23.9 Å². The number of aliphatic carboxylic acids is 1. The van der Waals surface area contributed by atoms with Crippen molar-refractivity contribution < 1.29 is 19.4 Å². The van der Waals surface area contributed by atoms with Crippen molar-refractivity contribution in [2.45, 2.75) is 51.0 Å². The molecule has 2 N–H and O–H groups in total. The van der Waals surface area contributed by atoms with Crippen molar-refractivity contribution in [3.8, 4) is 0 Å². The van der Waals surface area contributed by atoms with Gasteiger partial charge < -0.3 is 20.1 Å². The van der Waals surface area contributed by atoms with Crippen LogP contribution in [-0.2, 0) is 14.3 Å². The monoisotopic (exact) mass is 308 g/mol. The molecule has 4 atom stereocenters. The lowest BCUT2D eigenvalue weighted by Crippen LogP contribution is -2.50. The van der Waals surface area contributed by atoms with Crippen LogP contribution in [0.25, 0.3) is 0 Å². The van der Waals surface area contributed by atoms with Crippen LogP contribution >= 0.6 is 0 Å². The van der Waals surface area contributed by atoms with E-state index >= 15 is 0 Å². The average molecular weight is 308 g/mol. The number of rotatable bonds is 4. The average Bonchev–Trinajstić information content (AvgIpc) is 3.08. The molecule has 122 valence electrons. The van der Waals surface area contributed by atoms with Crippen LogP contribution in [-0.4, -0.2) is 59.3 Å². The molecular weight excluding hydrogens is 284 g/mol. The second-order valence-electron chi connectivity index (χ2n) is 6.75. The largest absolute Gasteiger partial charge is 0.481 e. The van der Waals surface area contributed by atoms with Gasteiger partial charge in [0.25, 0.3) is 0 Å². The lowest BCUT2D eigenvalue weighted by molar-refractivity contribution is -0.146. The van der Waals surface area contributed by atoms with Crippen molar-refractivity contribution >= 4 is 11.9 Å². The summed E-state index contributed by atoms with van der Waals surface area (Å²) >= 11 is 0. The summed E-state index contributed by atoms with van der Waals surface area (Å²) in [7, 11) is 0. The van der Waals surface area contributed by atoms with E-state index in [1.807, 2.05) is 6.08 Å². The number of carbonyl (C=O) groups excluding carboxylic acids is 1. The van der Waals surface area contributed by atoms with E-state index in [1.165, 1.54) is 0 Å². The maximum atomic E-state index is 12.5. The molecule has 0 spiro atoms. The predicted molar refractivity (Wildman–Crippen MR) is 80.3 cm³/mol. The van der Waals surface area contributed by atoms with Gasteiger partial charge in [0, 0.05) is 25.2 Å². The first-order chi connectivity index (χ1) is 10.5. The van der Waals surface area contributed by atoms with Gasteiger partial charge in [0.1, 0.15) is 5.92 Å². The molecule has 3 aliphatic heterocycles. The van der Waals surface area contributed by atoms with E-state index in [9.17, 15) is 14.7 Å². The minimum atomic E-state index is -0.952. The first kappa shape index (κ1) is 15.5. The Hall–Kier alpha value is -1.40. The molecule has 3 aliphatic rings. The van der Waals surface area contributed by atoms with Crippen LogP contribution in [0.3, 0.4) is 0 Å². The summed E-state index contributed by atoms with van der Waals surface area (Å²) in [6, 6.07) is 0.664. The highest BCUT2D eigenvalue weighted by molar-refractivity contribution is 5.87. The van der Waals surface area contributed by atoms with Gasteiger partial charge in [-0.1, -0.05) is 12.2 Å². The normalized spacial score (nSPS) is 35.2. The number of carbonyl (C=O) groups is 2. The number of amides is 1. The molecule has 0 radical (unpaired) electrons. The molecule has 22 heavy (non-hydrogen) atoms. The molecule has 2 saturated heterocycles. The highest BCUT2D eigenvalue weighted by atomic mass is 16.5. The molecule has 1 amide bonds. The number of piperidine rings is 1. The van der Waals surface area contributed by atoms with Gasteiger partial charge in [0.2, 0.25) is 5.91 Å². The molecule has 2 fully saturated rings. The van der Waals surface area contributed by atoms with Crippen LogP contribution in [0.1, 0.15) is 26.7 Å². The van der Waals surface area contributed by atoms with Crippen LogP contribution in [0.5, 0.6) is 0 Å². The zero-order chi connectivity index (χ0) is 15.9. The maximum absolute atomic E-state index is 12.5. The Morgan fingerprint density at radius 3 is 2.32 bits per heavy atom. The second-order valence-corrected chi connectivity index (χ2v) is 6.75. The fourth-order valence-electron chi connectivity index (χ4n) is 3.77. The minimum Gasteiger partial charge on any atom is -0.481 e. The lowest BCUT2D eigenvalue weighted by Gasteiger charge is -2.35. The SMILES string of the molecule is CC(C)N1CCC(NC(=O)[C@@H]2[C@@H](C(=O)O)[C@@H]3C=C[C@H]2O3)CC1.